The third-order valence-electron chi connectivity index (χ3n) is 3.90. The lowest BCUT2D eigenvalue weighted by Crippen LogP contribution is -2.15. The van der Waals surface area contributed by atoms with Gasteiger partial charge in [0, 0.05) is 18.5 Å². The molecule has 0 aliphatic heterocycles. The first kappa shape index (κ1) is 18.5. The van der Waals surface area contributed by atoms with Crippen molar-refractivity contribution in [3.63, 3.8) is 0 Å². The molecule has 7 nitrogen and oxygen atoms in total. The Morgan fingerprint density at radius 1 is 1.37 bits per heavy atom. The average molecular weight is 389 g/mol. The molecule has 27 heavy (non-hydrogen) atoms. The number of ether oxygens (including phenoxy) is 2. The molecule has 0 amide bonds. The Morgan fingerprint density at radius 3 is 2.78 bits per heavy atom. The van der Waals surface area contributed by atoms with Crippen molar-refractivity contribution in [3.8, 4) is 23.3 Å². The highest BCUT2D eigenvalue weighted by molar-refractivity contribution is 6.30. The number of aromatic amines is 1. The van der Waals surface area contributed by atoms with Crippen LogP contribution in [0.15, 0.2) is 35.1 Å². The van der Waals surface area contributed by atoms with Crippen molar-refractivity contribution in [1.82, 2.24) is 14.8 Å². The van der Waals surface area contributed by atoms with Crippen LogP contribution in [-0.2, 0) is 13.5 Å². The Hall–Kier alpha value is -3.31. The Bertz CT molecular complexity index is 1100. The second-order valence-electron chi connectivity index (χ2n) is 5.64. The van der Waals surface area contributed by atoms with Gasteiger partial charge in [-0.3, -0.25) is 4.57 Å². The first-order chi connectivity index (χ1) is 12.9. The van der Waals surface area contributed by atoms with Crippen LogP contribution < -0.4 is 15.2 Å². The molecular weight excluding hydrogens is 375 g/mol. The molecule has 3 rings (SSSR count). The molecule has 1 heterocycles. The second-order valence-corrected chi connectivity index (χ2v) is 6.08. The predicted molar refractivity (Wildman–Crippen MR) is 95.8 cm³/mol. The number of nitrogens with one attached hydrogen (secondary N) is 1. The van der Waals surface area contributed by atoms with E-state index in [9.17, 15) is 4.79 Å². The zero-order valence-corrected chi connectivity index (χ0v) is 15.2. The van der Waals surface area contributed by atoms with Gasteiger partial charge in [0.2, 0.25) is 5.75 Å². The van der Waals surface area contributed by atoms with Gasteiger partial charge in [-0.15, -0.1) is 0 Å². The van der Waals surface area contributed by atoms with Gasteiger partial charge in [-0.1, -0.05) is 17.7 Å². The molecule has 1 N–H and O–H groups in total. The lowest BCUT2D eigenvalue weighted by molar-refractivity contribution is 0.362. The van der Waals surface area contributed by atoms with Crippen molar-refractivity contribution in [2.24, 2.45) is 7.05 Å². The van der Waals surface area contributed by atoms with Crippen LogP contribution in [0.4, 0.5) is 4.39 Å². The maximum atomic E-state index is 15.1. The number of halogens is 2. The van der Waals surface area contributed by atoms with Crippen molar-refractivity contribution in [1.29, 1.82) is 5.26 Å². The Morgan fingerprint density at radius 2 is 2.15 bits per heavy atom. The summed E-state index contributed by atoms with van der Waals surface area (Å²) >= 11 is 5.97. The molecule has 0 saturated carbocycles. The lowest BCUT2D eigenvalue weighted by Gasteiger charge is -2.14. The second kappa shape index (κ2) is 7.51. The van der Waals surface area contributed by atoms with E-state index in [-0.39, 0.29) is 39.8 Å². The van der Waals surface area contributed by atoms with E-state index in [0.29, 0.717) is 5.82 Å². The Labute approximate surface area is 158 Å². The van der Waals surface area contributed by atoms with Crippen LogP contribution in [0.5, 0.6) is 17.2 Å². The van der Waals surface area contributed by atoms with Gasteiger partial charge in [0.05, 0.1) is 18.7 Å². The molecule has 0 radical (unpaired) electrons. The minimum Gasteiger partial charge on any atom is -0.493 e. The highest BCUT2D eigenvalue weighted by Gasteiger charge is 2.19. The van der Waals surface area contributed by atoms with E-state index in [4.69, 9.17) is 26.3 Å². The molecule has 0 bridgehead atoms. The number of nitrogens with zero attached hydrogens (tertiary/aromatic N) is 3. The summed E-state index contributed by atoms with van der Waals surface area (Å²) in [6.45, 7) is 0. The summed E-state index contributed by atoms with van der Waals surface area (Å²) in [4.78, 5) is 11.5. The number of rotatable bonds is 5. The van der Waals surface area contributed by atoms with Crippen molar-refractivity contribution in [3.05, 3.63) is 68.6 Å². The number of benzene rings is 2. The summed E-state index contributed by atoms with van der Waals surface area (Å²) in [6.07, 6.45) is 0.0699. The average Bonchev–Trinajstić information content (AvgIpc) is 2.96. The quantitative estimate of drug-likeness (QED) is 0.724. The highest BCUT2D eigenvalue weighted by Crippen LogP contribution is 2.37. The Balaban J connectivity index is 2.01. The normalized spacial score (nSPS) is 10.5. The van der Waals surface area contributed by atoms with Gasteiger partial charge >= 0.3 is 5.69 Å². The van der Waals surface area contributed by atoms with E-state index in [0.717, 1.165) is 0 Å². The lowest BCUT2D eigenvalue weighted by atomic mass is 10.1. The predicted octanol–water partition coefficient (Wildman–Crippen LogP) is 3.16. The summed E-state index contributed by atoms with van der Waals surface area (Å²) in [6, 6.07) is 9.40. The number of H-pyrrole nitrogens is 1. The number of hydrogen-bond acceptors (Lipinski definition) is 5. The summed E-state index contributed by atoms with van der Waals surface area (Å²) in [5.74, 6) is -0.0827. The number of hydrogen-bond donors (Lipinski definition) is 1. The van der Waals surface area contributed by atoms with Gasteiger partial charge in [-0.05, 0) is 29.8 Å². The van der Waals surface area contributed by atoms with Crippen molar-refractivity contribution >= 4 is 11.6 Å². The molecule has 138 valence electrons. The van der Waals surface area contributed by atoms with Crippen LogP contribution in [-0.4, -0.2) is 21.9 Å². The molecule has 0 saturated heterocycles. The molecule has 0 atom stereocenters. The molecule has 0 spiro atoms. The molecule has 9 heteroatoms. The van der Waals surface area contributed by atoms with Gasteiger partial charge < -0.3 is 9.47 Å². The fraction of sp³-hybridized carbons (Fsp3) is 0.167. The topological polar surface area (TPSA) is 92.9 Å². The molecule has 3 aromatic rings. The van der Waals surface area contributed by atoms with E-state index in [1.54, 1.807) is 6.07 Å². The maximum absolute atomic E-state index is 15.1. The molecule has 0 fully saturated rings. The van der Waals surface area contributed by atoms with Crippen molar-refractivity contribution in [2.45, 2.75) is 6.42 Å². The first-order valence-electron chi connectivity index (χ1n) is 7.77. The van der Waals surface area contributed by atoms with Gasteiger partial charge in [-0.25, -0.2) is 14.3 Å². The third kappa shape index (κ3) is 3.78. The van der Waals surface area contributed by atoms with Crippen LogP contribution in [0.1, 0.15) is 17.0 Å². The summed E-state index contributed by atoms with van der Waals surface area (Å²) in [5, 5.41) is 15.5. The van der Waals surface area contributed by atoms with Crippen LogP contribution in [0.25, 0.3) is 0 Å². The smallest absolute Gasteiger partial charge is 0.343 e. The summed E-state index contributed by atoms with van der Waals surface area (Å²) < 4.78 is 27.2. The van der Waals surface area contributed by atoms with E-state index < -0.39 is 11.5 Å². The SMILES string of the molecule is COc1ccc(Cc2n[nH]c(=O)n2C)c(F)c1Oc1cc(Cl)cc(C#N)c1. The number of methoxy groups -OCH3 is 1. The third-order valence-corrected chi connectivity index (χ3v) is 4.12. The fourth-order valence-electron chi connectivity index (χ4n) is 2.48. The van der Waals surface area contributed by atoms with Gasteiger partial charge in [0.15, 0.2) is 11.6 Å². The number of aromatic nitrogens is 3. The molecule has 2 aromatic carbocycles. The van der Waals surface area contributed by atoms with Crippen LogP contribution in [0, 0.1) is 17.1 Å². The molecule has 0 unspecified atom stereocenters. The number of nitriles is 1. The maximum Gasteiger partial charge on any atom is 0.343 e. The monoisotopic (exact) mass is 388 g/mol. The molecule has 0 aliphatic carbocycles. The highest BCUT2D eigenvalue weighted by atomic mass is 35.5. The molecule has 0 aliphatic rings. The van der Waals surface area contributed by atoms with Crippen molar-refractivity contribution < 1.29 is 13.9 Å². The van der Waals surface area contributed by atoms with Crippen LogP contribution >= 0.6 is 11.6 Å². The molecular formula is C18H14ClFN4O3. The molecule has 1 aromatic heterocycles. The minimum absolute atomic E-state index is 0.0699. The first-order valence-corrected chi connectivity index (χ1v) is 8.15. The van der Waals surface area contributed by atoms with E-state index in [1.807, 2.05) is 6.07 Å². The van der Waals surface area contributed by atoms with Gasteiger partial charge in [0.25, 0.3) is 0 Å². The summed E-state index contributed by atoms with van der Waals surface area (Å²) in [5.41, 5.74) is 0.147. The standard InChI is InChI=1S/C18H14ClFN4O3/c1-24-15(22-23-18(24)25)7-11-3-4-14(26-2)17(16(11)20)27-13-6-10(9-21)5-12(19)8-13/h3-6,8H,7H2,1-2H3,(H,23,25). The van der Waals surface area contributed by atoms with Gasteiger partial charge in [-0.2, -0.15) is 10.4 Å². The largest absolute Gasteiger partial charge is 0.493 e. The van der Waals surface area contributed by atoms with Crippen LogP contribution in [0.3, 0.4) is 0 Å². The van der Waals surface area contributed by atoms with E-state index in [2.05, 4.69) is 10.2 Å². The summed E-state index contributed by atoms with van der Waals surface area (Å²) in [7, 11) is 2.92. The van der Waals surface area contributed by atoms with Gasteiger partial charge in [0.1, 0.15) is 11.6 Å². The Kier molecular flexibility index (Phi) is 5.14. The van der Waals surface area contributed by atoms with Crippen LogP contribution in [0.2, 0.25) is 5.02 Å². The van der Waals surface area contributed by atoms with E-state index in [1.165, 1.54) is 43.0 Å². The van der Waals surface area contributed by atoms with E-state index >= 15 is 4.39 Å². The zero-order chi connectivity index (χ0) is 19.6. The fourth-order valence-corrected chi connectivity index (χ4v) is 2.71. The zero-order valence-electron chi connectivity index (χ0n) is 14.4. The van der Waals surface area contributed by atoms with Crippen molar-refractivity contribution in [2.75, 3.05) is 7.11 Å². The minimum atomic E-state index is -0.664.